The Kier molecular flexibility index (Phi) is 5.74. The minimum absolute atomic E-state index is 0.117. The number of nitrogens with one attached hydrogen (secondary N) is 1. The van der Waals surface area contributed by atoms with E-state index in [-0.39, 0.29) is 18.1 Å². The van der Waals surface area contributed by atoms with Crippen LogP contribution in [-0.2, 0) is 20.9 Å². The highest BCUT2D eigenvalue weighted by Gasteiger charge is 2.42. The van der Waals surface area contributed by atoms with Crippen molar-refractivity contribution in [3.8, 4) is 0 Å². The predicted molar refractivity (Wildman–Crippen MR) is 85.6 cm³/mol. The third-order valence-corrected chi connectivity index (χ3v) is 4.05. The minimum atomic E-state index is -1.04. The average molecular weight is 321 g/mol. The van der Waals surface area contributed by atoms with Gasteiger partial charge in [0.2, 0.25) is 0 Å². The van der Waals surface area contributed by atoms with Gasteiger partial charge in [-0.1, -0.05) is 0 Å². The lowest BCUT2D eigenvalue weighted by Crippen LogP contribution is -2.43. The zero-order chi connectivity index (χ0) is 16.9. The number of aromatic carboxylic acids is 1. The van der Waals surface area contributed by atoms with Crippen molar-refractivity contribution >= 4 is 17.6 Å². The van der Waals surface area contributed by atoms with E-state index >= 15 is 0 Å². The van der Waals surface area contributed by atoms with E-state index in [0.717, 1.165) is 12.8 Å². The maximum absolute atomic E-state index is 12.7. The van der Waals surface area contributed by atoms with Crippen LogP contribution in [0.5, 0.6) is 0 Å². The summed E-state index contributed by atoms with van der Waals surface area (Å²) in [5.41, 5.74) is 0.467. The summed E-state index contributed by atoms with van der Waals surface area (Å²) < 4.78 is 10.8. The lowest BCUT2D eigenvalue weighted by atomic mass is 10.0. The van der Waals surface area contributed by atoms with Gasteiger partial charge in [0, 0.05) is 19.4 Å². The van der Waals surface area contributed by atoms with E-state index in [1.807, 2.05) is 6.92 Å². The minimum Gasteiger partial charge on any atom is -0.478 e. The first-order valence-electron chi connectivity index (χ1n) is 7.82. The number of hydrogen-bond acceptors (Lipinski definition) is 4. The molecule has 1 aliphatic carbocycles. The molecule has 1 amide bonds. The molecule has 0 atom stereocenters. The van der Waals surface area contributed by atoms with Gasteiger partial charge in [-0.25, -0.2) is 4.79 Å². The summed E-state index contributed by atoms with van der Waals surface area (Å²) in [6.07, 6.45) is 3.29. The summed E-state index contributed by atoms with van der Waals surface area (Å²) in [6.45, 7) is 2.62. The van der Waals surface area contributed by atoms with E-state index in [0.29, 0.717) is 30.7 Å². The summed E-state index contributed by atoms with van der Waals surface area (Å²) in [7, 11) is 1.54. The van der Waals surface area contributed by atoms with E-state index in [1.165, 1.54) is 19.2 Å². The Bertz CT molecular complexity index is 578. The van der Waals surface area contributed by atoms with Crippen LogP contribution in [0.2, 0.25) is 0 Å². The molecule has 1 aliphatic rings. The lowest BCUT2D eigenvalue weighted by molar-refractivity contribution is -0.140. The van der Waals surface area contributed by atoms with Crippen molar-refractivity contribution < 1.29 is 24.2 Å². The fourth-order valence-electron chi connectivity index (χ4n) is 3.04. The number of carbonyl (C=O) groups is 2. The van der Waals surface area contributed by atoms with Gasteiger partial charge in [0.1, 0.15) is 5.60 Å². The van der Waals surface area contributed by atoms with Crippen molar-refractivity contribution in [3.63, 3.8) is 0 Å². The standard InChI is InChI=1S/C17H23NO5/c1-3-23-17(6-4-5-7-17)16(21)18-14-9-12(11-22-2)8-13(10-14)15(19)20/h8-10H,3-7,11H2,1-2H3,(H,18,21)(H,19,20). The number of ether oxygens (including phenoxy) is 2. The molecule has 0 radical (unpaired) electrons. The molecular formula is C17H23NO5. The highest BCUT2D eigenvalue weighted by atomic mass is 16.5. The number of rotatable bonds is 7. The van der Waals surface area contributed by atoms with Gasteiger partial charge in [-0.15, -0.1) is 0 Å². The zero-order valence-electron chi connectivity index (χ0n) is 13.6. The number of anilines is 1. The summed E-state index contributed by atoms with van der Waals surface area (Å²) in [5.74, 6) is -1.25. The summed E-state index contributed by atoms with van der Waals surface area (Å²) in [4.78, 5) is 23.9. The molecule has 0 aliphatic heterocycles. The third-order valence-electron chi connectivity index (χ3n) is 4.05. The molecule has 0 aromatic heterocycles. The molecular weight excluding hydrogens is 298 g/mol. The van der Waals surface area contributed by atoms with Crippen LogP contribution in [0, 0.1) is 0 Å². The fraction of sp³-hybridized carbons (Fsp3) is 0.529. The van der Waals surface area contributed by atoms with Gasteiger partial charge < -0.3 is 19.9 Å². The Hall–Kier alpha value is -1.92. The number of benzene rings is 1. The molecule has 1 aromatic rings. The van der Waals surface area contributed by atoms with Gasteiger partial charge >= 0.3 is 5.97 Å². The van der Waals surface area contributed by atoms with Crippen molar-refractivity contribution in [2.24, 2.45) is 0 Å². The molecule has 2 rings (SSSR count). The second-order valence-electron chi connectivity index (χ2n) is 5.75. The van der Waals surface area contributed by atoms with Gasteiger partial charge in [-0.05, 0) is 56.4 Å². The normalized spacial score (nSPS) is 16.3. The molecule has 6 nitrogen and oxygen atoms in total. The predicted octanol–water partition coefficient (Wildman–Crippen LogP) is 2.82. The monoisotopic (exact) mass is 321 g/mol. The molecule has 0 unspecified atom stereocenters. The molecule has 126 valence electrons. The van der Waals surface area contributed by atoms with Crippen molar-refractivity contribution in [1.82, 2.24) is 0 Å². The van der Waals surface area contributed by atoms with Crippen molar-refractivity contribution in [3.05, 3.63) is 29.3 Å². The topological polar surface area (TPSA) is 84.9 Å². The van der Waals surface area contributed by atoms with Gasteiger partial charge in [0.25, 0.3) is 5.91 Å². The van der Waals surface area contributed by atoms with Crippen LogP contribution in [0.15, 0.2) is 18.2 Å². The first kappa shape index (κ1) is 17.4. The molecule has 2 N–H and O–H groups in total. The van der Waals surface area contributed by atoms with E-state index in [1.54, 1.807) is 6.07 Å². The number of hydrogen-bond donors (Lipinski definition) is 2. The molecule has 6 heteroatoms. The summed E-state index contributed by atoms with van der Waals surface area (Å²) in [5, 5.41) is 12.0. The highest BCUT2D eigenvalue weighted by Crippen LogP contribution is 2.34. The molecule has 0 bridgehead atoms. The molecule has 1 fully saturated rings. The van der Waals surface area contributed by atoms with Crippen molar-refractivity contribution in [2.75, 3.05) is 19.0 Å². The van der Waals surface area contributed by atoms with Crippen LogP contribution in [0.1, 0.15) is 48.5 Å². The summed E-state index contributed by atoms with van der Waals surface area (Å²) in [6, 6.07) is 4.71. The SMILES string of the molecule is CCOC1(C(=O)Nc2cc(COC)cc(C(=O)O)c2)CCCC1. The lowest BCUT2D eigenvalue weighted by Gasteiger charge is -2.27. The van der Waals surface area contributed by atoms with E-state index < -0.39 is 11.6 Å². The van der Waals surface area contributed by atoms with Crippen LogP contribution in [-0.4, -0.2) is 36.3 Å². The Morgan fingerprint density at radius 2 is 1.96 bits per heavy atom. The maximum Gasteiger partial charge on any atom is 0.335 e. The van der Waals surface area contributed by atoms with Crippen LogP contribution >= 0.6 is 0 Å². The van der Waals surface area contributed by atoms with Crippen LogP contribution < -0.4 is 5.32 Å². The molecule has 0 saturated heterocycles. The number of carbonyl (C=O) groups excluding carboxylic acids is 1. The highest BCUT2D eigenvalue weighted by molar-refractivity contribution is 5.99. The molecule has 0 spiro atoms. The van der Waals surface area contributed by atoms with Crippen molar-refractivity contribution in [2.45, 2.75) is 44.8 Å². The van der Waals surface area contributed by atoms with Crippen LogP contribution in [0.3, 0.4) is 0 Å². The number of methoxy groups -OCH3 is 1. The van der Waals surface area contributed by atoms with Gasteiger partial charge in [0.05, 0.1) is 12.2 Å². The van der Waals surface area contributed by atoms with Gasteiger partial charge in [-0.2, -0.15) is 0 Å². The Morgan fingerprint density at radius 1 is 1.26 bits per heavy atom. The number of amides is 1. The Morgan fingerprint density at radius 3 is 2.52 bits per heavy atom. The first-order valence-corrected chi connectivity index (χ1v) is 7.82. The van der Waals surface area contributed by atoms with Gasteiger partial charge in [0.15, 0.2) is 0 Å². The molecule has 1 saturated carbocycles. The Labute approximate surface area is 135 Å². The smallest absolute Gasteiger partial charge is 0.335 e. The second kappa shape index (κ2) is 7.57. The Balaban J connectivity index is 2.23. The van der Waals surface area contributed by atoms with Gasteiger partial charge in [-0.3, -0.25) is 4.79 Å². The number of carboxylic acid groups (broad SMARTS) is 1. The van der Waals surface area contributed by atoms with E-state index in [4.69, 9.17) is 9.47 Å². The third kappa shape index (κ3) is 4.09. The zero-order valence-corrected chi connectivity index (χ0v) is 13.6. The van der Waals surface area contributed by atoms with E-state index in [2.05, 4.69) is 5.32 Å². The molecule has 1 aromatic carbocycles. The van der Waals surface area contributed by atoms with Crippen LogP contribution in [0.4, 0.5) is 5.69 Å². The molecule has 23 heavy (non-hydrogen) atoms. The quantitative estimate of drug-likeness (QED) is 0.806. The second-order valence-corrected chi connectivity index (χ2v) is 5.75. The fourth-order valence-corrected chi connectivity index (χ4v) is 3.04. The largest absolute Gasteiger partial charge is 0.478 e. The maximum atomic E-state index is 12.7. The first-order chi connectivity index (χ1) is 11.0. The summed E-state index contributed by atoms with van der Waals surface area (Å²) >= 11 is 0. The van der Waals surface area contributed by atoms with Crippen LogP contribution in [0.25, 0.3) is 0 Å². The van der Waals surface area contributed by atoms with E-state index in [9.17, 15) is 14.7 Å². The average Bonchev–Trinajstić information content (AvgIpc) is 2.97. The molecule has 0 heterocycles. The van der Waals surface area contributed by atoms with Crippen molar-refractivity contribution in [1.29, 1.82) is 0 Å². The number of carboxylic acids is 1.